The van der Waals surface area contributed by atoms with Gasteiger partial charge in [-0.25, -0.2) is 0 Å². The van der Waals surface area contributed by atoms with Crippen molar-refractivity contribution in [3.8, 4) is 0 Å². The number of hydrogen-bond donors (Lipinski definition) is 1. The lowest BCUT2D eigenvalue weighted by atomic mass is 9.80. The Bertz CT molecular complexity index is 701. The van der Waals surface area contributed by atoms with Crippen LogP contribution in [0.2, 0.25) is 0 Å². The monoisotopic (exact) mass is 339 g/mol. The molecule has 3 rings (SSSR count). The highest BCUT2D eigenvalue weighted by Gasteiger charge is 2.32. The third-order valence-electron chi connectivity index (χ3n) is 5.03. The Morgan fingerprint density at radius 2 is 1.88 bits per heavy atom. The first-order chi connectivity index (χ1) is 12.2. The second-order valence-corrected chi connectivity index (χ2v) is 6.59. The van der Waals surface area contributed by atoms with Crippen molar-refractivity contribution in [2.24, 2.45) is 5.92 Å². The van der Waals surface area contributed by atoms with Crippen molar-refractivity contribution in [1.29, 1.82) is 0 Å². The van der Waals surface area contributed by atoms with Gasteiger partial charge >= 0.3 is 0 Å². The molecule has 2 aromatic rings. The minimum absolute atomic E-state index is 0.0256. The number of hydrogen-bond acceptors (Lipinski definition) is 3. The summed E-state index contributed by atoms with van der Waals surface area (Å²) in [5.74, 6) is 0.386. The summed E-state index contributed by atoms with van der Waals surface area (Å²) in [5.41, 5.74) is 2.84. The summed E-state index contributed by atoms with van der Waals surface area (Å²) in [5, 5.41) is 9.87. The van der Waals surface area contributed by atoms with Crippen LogP contribution in [-0.2, 0) is 11.3 Å². The Balaban J connectivity index is 1.76. The molecule has 4 nitrogen and oxygen atoms in total. The van der Waals surface area contributed by atoms with Crippen LogP contribution in [0.4, 0.5) is 0 Å². The molecule has 1 saturated heterocycles. The standard InChI is InChI=1S/C21H25NO3/c1-25-15-17-9-5-6-10-20(17)21(24)22-12-11-19(18(13-22)14-23)16-7-3-2-4-8-16/h2-10,18-19,23H,11-15H2,1H3/t18-,19+/m1/s1. The molecule has 0 saturated carbocycles. The predicted molar refractivity (Wildman–Crippen MR) is 97.4 cm³/mol. The lowest BCUT2D eigenvalue weighted by Gasteiger charge is -2.38. The molecule has 1 fully saturated rings. The van der Waals surface area contributed by atoms with E-state index >= 15 is 0 Å². The van der Waals surface area contributed by atoms with Crippen molar-refractivity contribution in [2.75, 3.05) is 26.8 Å². The number of ether oxygens (including phenoxy) is 1. The van der Waals surface area contributed by atoms with E-state index in [-0.39, 0.29) is 18.4 Å². The van der Waals surface area contributed by atoms with Gasteiger partial charge in [-0.15, -0.1) is 0 Å². The quantitative estimate of drug-likeness (QED) is 0.911. The minimum Gasteiger partial charge on any atom is -0.396 e. The third kappa shape index (κ3) is 3.91. The summed E-state index contributed by atoms with van der Waals surface area (Å²) >= 11 is 0. The number of benzene rings is 2. The molecule has 0 aliphatic carbocycles. The van der Waals surface area contributed by atoms with E-state index < -0.39 is 0 Å². The second kappa shape index (κ2) is 8.28. The van der Waals surface area contributed by atoms with Crippen molar-refractivity contribution in [3.63, 3.8) is 0 Å². The van der Waals surface area contributed by atoms with E-state index in [9.17, 15) is 9.90 Å². The fourth-order valence-corrected chi connectivity index (χ4v) is 3.72. The average molecular weight is 339 g/mol. The highest BCUT2D eigenvalue weighted by atomic mass is 16.5. The zero-order valence-electron chi connectivity index (χ0n) is 14.6. The summed E-state index contributed by atoms with van der Waals surface area (Å²) in [6, 6.07) is 17.9. The number of rotatable bonds is 5. The molecule has 1 aliphatic rings. The Kier molecular flexibility index (Phi) is 5.84. The highest BCUT2D eigenvalue weighted by Crippen LogP contribution is 2.33. The molecule has 0 unspecified atom stereocenters. The maximum atomic E-state index is 13.0. The van der Waals surface area contributed by atoms with Gasteiger partial charge in [-0.3, -0.25) is 4.79 Å². The number of methoxy groups -OCH3 is 1. The zero-order chi connectivity index (χ0) is 17.6. The van der Waals surface area contributed by atoms with Crippen LogP contribution in [0.15, 0.2) is 54.6 Å². The largest absolute Gasteiger partial charge is 0.396 e. The van der Waals surface area contributed by atoms with Crippen molar-refractivity contribution in [3.05, 3.63) is 71.3 Å². The van der Waals surface area contributed by atoms with Crippen LogP contribution in [0.3, 0.4) is 0 Å². The summed E-state index contributed by atoms with van der Waals surface area (Å²) in [7, 11) is 1.63. The van der Waals surface area contributed by atoms with Crippen LogP contribution < -0.4 is 0 Å². The molecule has 2 aromatic carbocycles. The molecule has 0 radical (unpaired) electrons. The van der Waals surface area contributed by atoms with Gasteiger partial charge in [0.25, 0.3) is 5.91 Å². The number of carbonyl (C=O) groups is 1. The molecule has 2 atom stereocenters. The topological polar surface area (TPSA) is 49.8 Å². The molecule has 0 aromatic heterocycles. The summed E-state index contributed by atoms with van der Waals surface area (Å²) in [4.78, 5) is 14.9. The third-order valence-corrected chi connectivity index (χ3v) is 5.03. The van der Waals surface area contributed by atoms with E-state index in [2.05, 4.69) is 12.1 Å². The van der Waals surface area contributed by atoms with Crippen LogP contribution in [0.25, 0.3) is 0 Å². The first-order valence-electron chi connectivity index (χ1n) is 8.76. The van der Waals surface area contributed by atoms with Crippen LogP contribution in [-0.4, -0.2) is 42.7 Å². The number of aliphatic hydroxyl groups is 1. The van der Waals surface area contributed by atoms with Gasteiger partial charge in [0.15, 0.2) is 0 Å². The van der Waals surface area contributed by atoms with Gasteiger partial charge in [0, 0.05) is 38.3 Å². The zero-order valence-corrected chi connectivity index (χ0v) is 14.6. The predicted octanol–water partition coefficient (Wildman–Crippen LogP) is 3.07. The van der Waals surface area contributed by atoms with E-state index in [1.165, 1.54) is 5.56 Å². The van der Waals surface area contributed by atoms with Gasteiger partial charge in [0.05, 0.1) is 6.61 Å². The average Bonchev–Trinajstić information content (AvgIpc) is 2.68. The van der Waals surface area contributed by atoms with Gasteiger partial charge < -0.3 is 14.7 Å². The van der Waals surface area contributed by atoms with Gasteiger partial charge in [-0.2, -0.15) is 0 Å². The van der Waals surface area contributed by atoms with Crippen LogP contribution in [0, 0.1) is 5.92 Å². The number of aliphatic hydroxyl groups excluding tert-OH is 1. The van der Waals surface area contributed by atoms with Crippen LogP contribution in [0.5, 0.6) is 0 Å². The first-order valence-corrected chi connectivity index (χ1v) is 8.76. The fraction of sp³-hybridized carbons (Fsp3) is 0.381. The number of likely N-dealkylation sites (tertiary alicyclic amines) is 1. The Morgan fingerprint density at radius 1 is 1.16 bits per heavy atom. The minimum atomic E-state index is 0.0256. The molecule has 1 amide bonds. The lowest BCUT2D eigenvalue weighted by Crippen LogP contribution is -2.44. The summed E-state index contributed by atoms with van der Waals surface area (Å²) < 4.78 is 5.21. The van der Waals surface area contributed by atoms with Gasteiger partial charge in [-0.05, 0) is 29.5 Å². The van der Waals surface area contributed by atoms with Crippen molar-refractivity contribution in [1.82, 2.24) is 4.90 Å². The van der Waals surface area contributed by atoms with Crippen LogP contribution >= 0.6 is 0 Å². The molecule has 132 valence electrons. The van der Waals surface area contributed by atoms with E-state index in [4.69, 9.17) is 4.74 Å². The molecule has 1 N–H and O–H groups in total. The SMILES string of the molecule is COCc1ccccc1C(=O)N1CC[C@@H](c2ccccc2)[C@@H](CO)C1. The van der Waals surface area contributed by atoms with Crippen molar-refractivity contribution >= 4 is 5.91 Å². The molecule has 0 bridgehead atoms. The van der Waals surface area contributed by atoms with Gasteiger partial charge in [-0.1, -0.05) is 48.5 Å². The molecule has 4 heteroatoms. The number of piperidine rings is 1. The van der Waals surface area contributed by atoms with E-state index in [0.717, 1.165) is 12.0 Å². The highest BCUT2D eigenvalue weighted by molar-refractivity contribution is 5.95. The summed E-state index contributed by atoms with van der Waals surface area (Å²) in [6.07, 6.45) is 0.868. The summed E-state index contributed by atoms with van der Waals surface area (Å²) in [6.45, 7) is 1.79. The molecule has 0 spiro atoms. The van der Waals surface area contributed by atoms with Crippen LogP contribution in [0.1, 0.15) is 33.8 Å². The Labute approximate surface area is 149 Å². The lowest BCUT2D eigenvalue weighted by molar-refractivity contribution is 0.0574. The van der Waals surface area contributed by atoms with E-state index in [1.807, 2.05) is 47.4 Å². The normalized spacial score (nSPS) is 20.5. The molecule has 1 aliphatic heterocycles. The van der Waals surface area contributed by atoms with Gasteiger partial charge in [0.2, 0.25) is 0 Å². The molecular weight excluding hydrogens is 314 g/mol. The molecular formula is C21H25NO3. The Morgan fingerprint density at radius 3 is 2.60 bits per heavy atom. The second-order valence-electron chi connectivity index (χ2n) is 6.59. The fourth-order valence-electron chi connectivity index (χ4n) is 3.72. The first kappa shape index (κ1) is 17.6. The maximum Gasteiger partial charge on any atom is 0.254 e. The van der Waals surface area contributed by atoms with E-state index in [0.29, 0.717) is 31.2 Å². The maximum absolute atomic E-state index is 13.0. The molecule has 1 heterocycles. The van der Waals surface area contributed by atoms with Crippen molar-refractivity contribution < 1.29 is 14.6 Å². The van der Waals surface area contributed by atoms with E-state index in [1.54, 1.807) is 7.11 Å². The van der Waals surface area contributed by atoms with Crippen molar-refractivity contribution in [2.45, 2.75) is 18.9 Å². The number of carbonyl (C=O) groups excluding carboxylic acids is 1. The number of nitrogens with zero attached hydrogens (tertiary/aromatic N) is 1. The Hall–Kier alpha value is -2.17. The van der Waals surface area contributed by atoms with Gasteiger partial charge in [0.1, 0.15) is 0 Å². The molecule has 25 heavy (non-hydrogen) atoms. The number of amides is 1. The smallest absolute Gasteiger partial charge is 0.254 e.